The summed E-state index contributed by atoms with van der Waals surface area (Å²) >= 11 is 0. The Morgan fingerprint density at radius 2 is 2.33 bits per heavy atom. The molecule has 1 N–H and O–H groups in total. The molecule has 1 fully saturated rings. The van der Waals surface area contributed by atoms with E-state index in [0.717, 1.165) is 0 Å². The quantitative estimate of drug-likeness (QED) is 0.402. The summed E-state index contributed by atoms with van der Waals surface area (Å²) in [6, 6.07) is 0. The summed E-state index contributed by atoms with van der Waals surface area (Å²) in [4.78, 5) is 0. The van der Waals surface area contributed by atoms with Gasteiger partial charge in [-0.25, -0.2) is 0 Å². The van der Waals surface area contributed by atoms with Crippen LogP contribution >= 0.6 is 0 Å². The molecule has 0 aliphatic carbocycles. The van der Waals surface area contributed by atoms with Crippen LogP contribution in [0.15, 0.2) is 12.2 Å². The molecule has 4 nitrogen and oxygen atoms in total. The van der Waals surface area contributed by atoms with Gasteiger partial charge in [0.05, 0.1) is 12.7 Å². The molecule has 70 valence electrons. The fraction of sp³-hybridized carbons (Fsp3) is 0.714. The van der Waals surface area contributed by atoms with Gasteiger partial charge in [-0.1, -0.05) is 12.2 Å². The Kier molecular flexibility index (Phi) is 2.55. The van der Waals surface area contributed by atoms with Gasteiger partial charge < -0.3 is 4.74 Å². The van der Waals surface area contributed by atoms with Crippen LogP contribution < -0.4 is 0 Å². The third-order valence-electron chi connectivity index (χ3n) is 1.79. The molecule has 0 aromatic heterocycles. The summed E-state index contributed by atoms with van der Waals surface area (Å²) in [5, 5.41) is -0.870. The molecule has 0 saturated carbocycles. The van der Waals surface area contributed by atoms with E-state index in [0.29, 0.717) is 18.6 Å². The second-order valence-corrected chi connectivity index (χ2v) is 4.64. The van der Waals surface area contributed by atoms with Crippen molar-refractivity contribution in [3.8, 4) is 0 Å². The van der Waals surface area contributed by atoms with Crippen LogP contribution in [0, 0.1) is 0 Å². The van der Waals surface area contributed by atoms with E-state index in [1.807, 2.05) is 0 Å². The maximum Gasteiger partial charge on any atom is 0.271 e. The third kappa shape index (κ3) is 2.58. The van der Waals surface area contributed by atoms with Crippen LogP contribution in [0.3, 0.4) is 0 Å². The molecule has 2 atom stereocenters. The first-order valence-corrected chi connectivity index (χ1v) is 5.15. The zero-order valence-corrected chi connectivity index (χ0v) is 7.67. The zero-order chi connectivity index (χ0) is 9.35. The van der Waals surface area contributed by atoms with Crippen LogP contribution in [-0.2, 0) is 14.9 Å². The van der Waals surface area contributed by atoms with Crippen molar-refractivity contribution in [1.82, 2.24) is 0 Å². The van der Waals surface area contributed by atoms with Crippen LogP contribution in [0.4, 0.5) is 0 Å². The van der Waals surface area contributed by atoms with E-state index in [9.17, 15) is 8.42 Å². The molecule has 0 aromatic carbocycles. The number of hydrogen-bond acceptors (Lipinski definition) is 3. The van der Waals surface area contributed by atoms with Gasteiger partial charge in [-0.3, -0.25) is 4.55 Å². The van der Waals surface area contributed by atoms with E-state index in [4.69, 9.17) is 9.29 Å². The average Bonchev–Trinajstić information content (AvgIpc) is 2.61. The van der Waals surface area contributed by atoms with Gasteiger partial charge in [0, 0.05) is 0 Å². The molecule has 1 saturated heterocycles. The Morgan fingerprint density at radius 1 is 1.83 bits per heavy atom. The maximum atomic E-state index is 10.8. The van der Waals surface area contributed by atoms with Crippen molar-refractivity contribution < 1.29 is 17.7 Å². The SMILES string of the molecule is C=C(C)C(CC1CO1)S(=O)(=O)O. The van der Waals surface area contributed by atoms with Gasteiger partial charge in [-0.2, -0.15) is 8.42 Å². The highest BCUT2D eigenvalue weighted by atomic mass is 32.2. The highest BCUT2D eigenvalue weighted by Crippen LogP contribution is 2.23. The summed E-state index contributed by atoms with van der Waals surface area (Å²) in [6.45, 7) is 5.67. The number of rotatable bonds is 4. The predicted octanol–water partition coefficient (Wildman–Crippen LogP) is 0.608. The number of epoxide rings is 1. The van der Waals surface area contributed by atoms with Crippen LogP contribution in [-0.4, -0.2) is 30.9 Å². The Bertz CT molecular complexity index is 276. The Hall–Kier alpha value is -0.390. The maximum absolute atomic E-state index is 10.8. The van der Waals surface area contributed by atoms with Gasteiger partial charge in [-0.05, 0) is 13.3 Å². The minimum Gasteiger partial charge on any atom is -0.373 e. The first-order valence-electron chi connectivity index (χ1n) is 3.64. The summed E-state index contributed by atoms with van der Waals surface area (Å²) in [7, 11) is -4.00. The Balaban J connectivity index is 2.66. The minimum absolute atomic E-state index is 0.0198. The highest BCUT2D eigenvalue weighted by Gasteiger charge is 2.33. The minimum atomic E-state index is -4.00. The summed E-state index contributed by atoms with van der Waals surface area (Å²) < 4.78 is 35.2. The third-order valence-corrected chi connectivity index (χ3v) is 3.10. The standard InChI is InChI=1S/C7H12O4S/c1-5(2)7(12(8,9)10)3-6-4-11-6/h6-7H,1,3-4H2,2H3,(H,8,9,10). The molecule has 0 amide bonds. The van der Waals surface area contributed by atoms with Crippen LogP contribution in [0.5, 0.6) is 0 Å². The van der Waals surface area contributed by atoms with Crippen molar-refractivity contribution in [1.29, 1.82) is 0 Å². The lowest BCUT2D eigenvalue weighted by Crippen LogP contribution is -2.23. The van der Waals surface area contributed by atoms with E-state index in [-0.39, 0.29) is 6.10 Å². The van der Waals surface area contributed by atoms with Crippen molar-refractivity contribution >= 4 is 10.1 Å². The Labute approximate surface area is 72.0 Å². The molecular formula is C7H12O4S. The van der Waals surface area contributed by atoms with E-state index in [2.05, 4.69) is 6.58 Å². The molecule has 0 bridgehead atoms. The molecule has 2 unspecified atom stereocenters. The lowest BCUT2D eigenvalue weighted by Gasteiger charge is -2.11. The van der Waals surface area contributed by atoms with Gasteiger partial charge in [-0.15, -0.1) is 0 Å². The van der Waals surface area contributed by atoms with Crippen molar-refractivity contribution in [2.45, 2.75) is 24.7 Å². The summed E-state index contributed by atoms with van der Waals surface area (Å²) in [6.07, 6.45) is 0.294. The van der Waals surface area contributed by atoms with Crippen molar-refractivity contribution in [2.75, 3.05) is 6.61 Å². The second-order valence-electron chi connectivity index (χ2n) is 3.04. The number of hydrogen-bond donors (Lipinski definition) is 1. The molecule has 1 aliphatic heterocycles. The molecular weight excluding hydrogens is 180 g/mol. The monoisotopic (exact) mass is 192 g/mol. The zero-order valence-electron chi connectivity index (χ0n) is 6.86. The van der Waals surface area contributed by atoms with E-state index in [1.54, 1.807) is 6.92 Å². The van der Waals surface area contributed by atoms with Crippen LogP contribution in [0.25, 0.3) is 0 Å². The van der Waals surface area contributed by atoms with E-state index < -0.39 is 15.4 Å². The topological polar surface area (TPSA) is 66.9 Å². The van der Waals surface area contributed by atoms with Crippen LogP contribution in [0.1, 0.15) is 13.3 Å². The van der Waals surface area contributed by atoms with Gasteiger partial charge in [0.2, 0.25) is 0 Å². The fourth-order valence-corrected chi connectivity index (χ4v) is 1.99. The average molecular weight is 192 g/mol. The van der Waals surface area contributed by atoms with Gasteiger partial charge in [0.15, 0.2) is 0 Å². The molecule has 12 heavy (non-hydrogen) atoms. The van der Waals surface area contributed by atoms with Crippen molar-refractivity contribution in [2.24, 2.45) is 0 Å². The smallest absolute Gasteiger partial charge is 0.271 e. The molecule has 1 heterocycles. The molecule has 1 rings (SSSR count). The molecule has 5 heteroatoms. The second kappa shape index (κ2) is 3.16. The highest BCUT2D eigenvalue weighted by molar-refractivity contribution is 7.86. The number of ether oxygens (including phenoxy) is 1. The van der Waals surface area contributed by atoms with Gasteiger partial charge in [0.25, 0.3) is 10.1 Å². The van der Waals surface area contributed by atoms with Gasteiger partial charge >= 0.3 is 0 Å². The van der Waals surface area contributed by atoms with Crippen molar-refractivity contribution in [3.05, 3.63) is 12.2 Å². The van der Waals surface area contributed by atoms with Gasteiger partial charge in [0.1, 0.15) is 5.25 Å². The van der Waals surface area contributed by atoms with Crippen LogP contribution in [0.2, 0.25) is 0 Å². The molecule has 0 radical (unpaired) electrons. The Morgan fingerprint density at radius 3 is 2.58 bits per heavy atom. The summed E-state index contributed by atoms with van der Waals surface area (Å²) in [5.74, 6) is 0. The summed E-state index contributed by atoms with van der Waals surface area (Å²) in [5.41, 5.74) is 0.452. The predicted molar refractivity (Wildman–Crippen MR) is 44.5 cm³/mol. The molecule has 0 aromatic rings. The first-order chi connectivity index (χ1) is 5.41. The lowest BCUT2D eigenvalue weighted by molar-refractivity contribution is 0.389. The molecule has 1 aliphatic rings. The first kappa shape index (κ1) is 9.70. The van der Waals surface area contributed by atoms with E-state index >= 15 is 0 Å². The van der Waals surface area contributed by atoms with E-state index in [1.165, 1.54) is 0 Å². The lowest BCUT2D eigenvalue weighted by atomic mass is 10.1. The van der Waals surface area contributed by atoms with Crippen molar-refractivity contribution in [3.63, 3.8) is 0 Å². The fourth-order valence-electron chi connectivity index (χ4n) is 1.02. The normalized spacial score (nSPS) is 25.0. The molecule has 0 spiro atoms. The largest absolute Gasteiger partial charge is 0.373 e.